The van der Waals surface area contributed by atoms with E-state index in [9.17, 15) is 9.90 Å². The van der Waals surface area contributed by atoms with Crippen molar-refractivity contribution < 1.29 is 9.90 Å². The molecular weight excluding hydrogens is 344 g/mol. The Hall–Kier alpha value is -1.85. The molecule has 0 saturated heterocycles. The molecule has 26 heavy (non-hydrogen) atoms. The van der Waals surface area contributed by atoms with E-state index in [4.69, 9.17) is 0 Å². The average Bonchev–Trinajstić information content (AvgIpc) is 3.10. The highest BCUT2D eigenvalue weighted by Crippen LogP contribution is 2.33. The second-order valence-electron chi connectivity index (χ2n) is 7.34. The molecule has 1 aromatic heterocycles. The summed E-state index contributed by atoms with van der Waals surface area (Å²) in [6, 6.07) is 9.99. The highest BCUT2D eigenvalue weighted by atomic mass is 32.1. The van der Waals surface area contributed by atoms with Gasteiger partial charge in [-0.25, -0.2) is 0 Å². The van der Waals surface area contributed by atoms with Crippen LogP contribution >= 0.6 is 11.3 Å². The molecule has 140 valence electrons. The zero-order chi connectivity index (χ0) is 18.5. The highest BCUT2D eigenvalue weighted by molar-refractivity contribution is 7.10. The normalized spacial score (nSPS) is 17.7. The third-order valence-electron chi connectivity index (χ3n) is 5.23. The Kier molecular flexibility index (Phi) is 6.33. The van der Waals surface area contributed by atoms with Crippen LogP contribution in [-0.2, 0) is 17.6 Å². The molecule has 1 aliphatic rings. The number of hydrogen-bond donors (Lipinski definition) is 2. The van der Waals surface area contributed by atoms with Crippen LogP contribution in [0.2, 0.25) is 0 Å². The zero-order valence-corrected chi connectivity index (χ0v) is 16.4. The maximum absolute atomic E-state index is 12.5. The molecule has 1 aromatic carbocycles. The number of nitrogens with zero attached hydrogens (tertiary/aromatic N) is 1. The van der Waals surface area contributed by atoms with Gasteiger partial charge in [0.1, 0.15) is 5.75 Å². The number of carbonyl (C=O) groups excluding carboxylic acids is 1. The predicted octanol–water partition coefficient (Wildman–Crippen LogP) is 3.90. The van der Waals surface area contributed by atoms with Crippen molar-refractivity contribution in [3.8, 4) is 5.75 Å². The van der Waals surface area contributed by atoms with Crippen molar-refractivity contribution in [2.45, 2.75) is 50.6 Å². The van der Waals surface area contributed by atoms with Crippen molar-refractivity contribution in [2.24, 2.45) is 0 Å². The number of carbonyl (C=O) groups is 1. The van der Waals surface area contributed by atoms with Crippen molar-refractivity contribution in [3.63, 3.8) is 0 Å². The van der Waals surface area contributed by atoms with Crippen molar-refractivity contribution in [1.82, 2.24) is 10.2 Å². The third kappa shape index (κ3) is 4.86. The smallest absolute Gasteiger partial charge is 0.220 e. The highest BCUT2D eigenvalue weighted by Gasteiger charge is 2.23. The first-order chi connectivity index (χ1) is 12.5. The molecule has 0 saturated carbocycles. The molecule has 0 radical (unpaired) electrons. The predicted molar refractivity (Wildman–Crippen MR) is 107 cm³/mol. The van der Waals surface area contributed by atoms with Gasteiger partial charge in [-0.15, -0.1) is 11.3 Å². The molecule has 5 heteroatoms. The molecule has 1 aliphatic carbocycles. The second-order valence-corrected chi connectivity index (χ2v) is 8.34. The molecule has 0 aliphatic heterocycles. The van der Waals surface area contributed by atoms with Crippen LogP contribution in [0.5, 0.6) is 5.75 Å². The summed E-state index contributed by atoms with van der Waals surface area (Å²) in [5.41, 5.74) is 2.50. The van der Waals surface area contributed by atoms with Gasteiger partial charge >= 0.3 is 0 Å². The van der Waals surface area contributed by atoms with Crippen LogP contribution in [0.25, 0.3) is 0 Å². The first-order valence-corrected chi connectivity index (χ1v) is 10.2. The fourth-order valence-corrected chi connectivity index (χ4v) is 4.63. The van der Waals surface area contributed by atoms with E-state index in [0.29, 0.717) is 12.5 Å². The van der Waals surface area contributed by atoms with E-state index >= 15 is 0 Å². The Morgan fingerprint density at radius 1 is 1.31 bits per heavy atom. The summed E-state index contributed by atoms with van der Waals surface area (Å²) in [5.74, 6) is 0.432. The number of rotatable bonds is 7. The van der Waals surface area contributed by atoms with Crippen LogP contribution in [0.3, 0.4) is 0 Å². The number of likely N-dealkylation sites (N-methyl/N-ethyl adjacent to an activating group) is 1. The second kappa shape index (κ2) is 8.69. The fraction of sp³-hybridized carbons (Fsp3) is 0.476. The van der Waals surface area contributed by atoms with Crippen LogP contribution in [0.4, 0.5) is 0 Å². The van der Waals surface area contributed by atoms with Crippen LogP contribution in [0.1, 0.15) is 47.7 Å². The number of aromatic hydroxyl groups is 1. The minimum Gasteiger partial charge on any atom is -0.508 e. The van der Waals surface area contributed by atoms with Gasteiger partial charge in [-0.05, 0) is 80.9 Å². The summed E-state index contributed by atoms with van der Waals surface area (Å²) in [5, 5.41) is 14.8. The maximum Gasteiger partial charge on any atom is 0.220 e. The Labute approximate surface area is 159 Å². The summed E-state index contributed by atoms with van der Waals surface area (Å²) in [7, 11) is 4.11. The molecule has 0 fully saturated rings. The quantitative estimate of drug-likeness (QED) is 0.775. The van der Waals surface area contributed by atoms with Gasteiger partial charge in [0.05, 0.1) is 6.04 Å². The molecule has 4 nitrogen and oxygen atoms in total. The molecule has 2 atom stereocenters. The van der Waals surface area contributed by atoms with Crippen molar-refractivity contribution in [1.29, 1.82) is 0 Å². The van der Waals surface area contributed by atoms with Gasteiger partial charge in [0, 0.05) is 17.3 Å². The molecule has 0 spiro atoms. The summed E-state index contributed by atoms with van der Waals surface area (Å²) in [4.78, 5) is 16.1. The van der Waals surface area contributed by atoms with Crippen LogP contribution in [0.15, 0.2) is 35.7 Å². The van der Waals surface area contributed by atoms with E-state index in [1.165, 1.54) is 16.0 Å². The number of nitrogens with one attached hydrogen (secondary N) is 1. The van der Waals surface area contributed by atoms with Gasteiger partial charge in [-0.2, -0.15) is 0 Å². The number of aryl methyl sites for hydroxylation is 1. The molecular formula is C21H28N2O2S. The third-order valence-corrected chi connectivity index (χ3v) is 6.23. The first-order valence-electron chi connectivity index (χ1n) is 9.33. The first kappa shape index (κ1) is 18.9. The molecule has 2 aromatic rings. The van der Waals surface area contributed by atoms with Gasteiger partial charge in [0.2, 0.25) is 5.91 Å². The number of phenols is 1. The molecule has 1 amide bonds. The van der Waals surface area contributed by atoms with E-state index in [2.05, 4.69) is 35.8 Å². The minimum atomic E-state index is 0.145. The fourth-order valence-electron chi connectivity index (χ4n) is 3.65. The number of hydrogen-bond acceptors (Lipinski definition) is 4. The van der Waals surface area contributed by atoms with Crippen LogP contribution < -0.4 is 5.32 Å². The topological polar surface area (TPSA) is 52.6 Å². The molecule has 1 unspecified atom stereocenters. The average molecular weight is 373 g/mol. The maximum atomic E-state index is 12.5. The number of amides is 1. The Balaban J connectivity index is 1.53. The summed E-state index contributed by atoms with van der Waals surface area (Å²) < 4.78 is 0. The lowest BCUT2D eigenvalue weighted by Crippen LogP contribution is -2.34. The number of phenolic OH excluding ortho intramolecular Hbond substituents is 1. The molecule has 2 N–H and O–H groups in total. The number of benzene rings is 1. The summed E-state index contributed by atoms with van der Waals surface area (Å²) in [6.07, 6.45) is 5.58. The number of fused-ring (bicyclic) bond motifs is 1. The van der Waals surface area contributed by atoms with Gasteiger partial charge in [0.25, 0.3) is 0 Å². The minimum absolute atomic E-state index is 0.145. The molecule has 3 rings (SSSR count). The number of thiophene rings is 1. The van der Waals surface area contributed by atoms with Crippen molar-refractivity contribution in [3.05, 3.63) is 51.7 Å². The monoisotopic (exact) mass is 372 g/mol. The summed E-state index contributed by atoms with van der Waals surface area (Å²) in [6.45, 7) is 0. The van der Waals surface area contributed by atoms with Gasteiger partial charge in [-0.3, -0.25) is 4.79 Å². The van der Waals surface area contributed by atoms with E-state index in [-0.39, 0.29) is 17.7 Å². The molecule has 0 bridgehead atoms. The lowest BCUT2D eigenvalue weighted by molar-refractivity contribution is -0.122. The Morgan fingerprint density at radius 3 is 2.81 bits per heavy atom. The van der Waals surface area contributed by atoms with Crippen LogP contribution in [-0.4, -0.2) is 36.1 Å². The standard InChI is InChI=1S/C21H28N2O2S/c1-23(2)16(14-15-6-9-17(24)10-7-15)8-11-21(25)22-19-4-3-5-20-18(19)12-13-26-20/h6-7,9-10,12-13,16,19,24H,3-5,8,11,14H2,1-2H3,(H,22,25)/t16-,19?/m1/s1. The van der Waals surface area contributed by atoms with Crippen molar-refractivity contribution in [2.75, 3.05) is 14.1 Å². The lowest BCUT2D eigenvalue weighted by atomic mass is 9.93. The summed E-state index contributed by atoms with van der Waals surface area (Å²) >= 11 is 1.80. The molecule has 1 heterocycles. The lowest BCUT2D eigenvalue weighted by Gasteiger charge is -2.26. The Bertz CT molecular complexity index is 724. The largest absolute Gasteiger partial charge is 0.508 e. The Morgan fingerprint density at radius 2 is 2.08 bits per heavy atom. The van der Waals surface area contributed by atoms with E-state index in [0.717, 1.165) is 32.1 Å². The van der Waals surface area contributed by atoms with Gasteiger partial charge in [-0.1, -0.05) is 12.1 Å². The van der Waals surface area contributed by atoms with Gasteiger partial charge < -0.3 is 15.3 Å². The van der Waals surface area contributed by atoms with E-state index in [1.54, 1.807) is 23.5 Å². The van der Waals surface area contributed by atoms with Crippen LogP contribution in [0, 0.1) is 0 Å². The van der Waals surface area contributed by atoms with E-state index in [1.807, 2.05) is 12.1 Å². The SMILES string of the molecule is CN(C)[C@H](CCC(=O)NC1CCCc2sccc21)Cc1ccc(O)cc1. The zero-order valence-electron chi connectivity index (χ0n) is 15.6. The van der Waals surface area contributed by atoms with Gasteiger partial charge in [0.15, 0.2) is 0 Å². The van der Waals surface area contributed by atoms with E-state index < -0.39 is 0 Å². The van der Waals surface area contributed by atoms with Crippen molar-refractivity contribution >= 4 is 17.2 Å².